The van der Waals surface area contributed by atoms with E-state index < -0.39 is 24.5 Å². The largest absolute Gasteiger partial charge is 0.345 e. The van der Waals surface area contributed by atoms with Crippen molar-refractivity contribution in [3.8, 4) is 0 Å². The number of alkyl halides is 2. The second-order valence-electron chi connectivity index (χ2n) is 5.92. The van der Waals surface area contributed by atoms with E-state index in [1.54, 1.807) is 0 Å². The van der Waals surface area contributed by atoms with Crippen molar-refractivity contribution in [2.75, 3.05) is 26.2 Å². The van der Waals surface area contributed by atoms with Crippen molar-refractivity contribution in [1.29, 1.82) is 0 Å². The fourth-order valence-corrected chi connectivity index (χ4v) is 2.98. The number of ether oxygens (including phenoxy) is 1. The Morgan fingerprint density at radius 1 is 1.00 bits per heavy atom. The third-order valence-electron chi connectivity index (χ3n) is 4.16. The van der Waals surface area contributed by atoms with Gasteiger partial charge in [0.05, 0.1) is 6.10 Å². The molecule has 2 heterocycles. The highest BCUT2D eigenvalue weighted by molar-refractivity contribution is 6.35. The van der Waals surface area contributed by atoms with Crippen LogP contribution in [0.5, 0.6) is 0 Å². The number of halogens is 2. The molecule has 2 saturated heterocycles. The van der Waals surface area contributed by atoms with E-state index in [2.05, 4.69) is 4.74 Å². The quantitative estimate of drug-likeness (QED) is 0.755. The van der Waals surface area contributed by atoms with E-state index in [4.69, 9.17) is 5.73 Å². The Morgan fingerprint density at radius 2 is 1.68 bits per heavy atom. The number of rotatable bonds is 2. The molecule has 22 heavy (non-hydrogen) atoms. The van der Waals surface area contributed by atoms with Crippen molar-refractivity contribution in [3.05, 3.63) is 0 Å². The van der Waals surface area contributed by atoms with E-state index in [-0.39, 0.29) is 19.1 Å². The minimum atomic E-state index is -2.86. The van der Waals surface area contributed by atoms with Crippen molar-refractivity contribution in [2.24, 2.45) is 5.73 Å². The maximum atomic E-state index is 12.3. The minimum Gasteiger partial charge on any atom is -0.333 e. The summed E-state index contributed by atoms with van der Waals surface area (Å²) in [5.41, 5.74) is 5.94. The van der Waals surface area contributed by atoms with Crippen LogP contribution < -0.4 is 5.73 Å². The first-order valence-corrected chi connectivity index (χ1v) is 7.74. The first kappa shape index (κ1) is 17.1. The summed E-state index contributed by atoms with van der Waals surface area (Å²) in [5.74, 6) is -1.23. The fourth-order valence-electron chi connectivity index (χ4n) is 2.98. The molecular formula is C14H23F2N3O3. The third kappa shape index (κ3) is 4.61. The molecule has 0 bridgehead atoms. The molecule has 1 unspecified atom stereocenters. The number of carbonyl (C=O) groups is 2. The van der Waals surface area contributed by atoms with Crippen LogP contribution in [-0.4, -0.2) is 66.6 Å². The fraction of sp³-hybridized carbons (Fsp3) is 0.857. The van der Waals surface area contributed by atoms with E-state index in [9.17, 15) is 18.4 Å². The van der Waals surface area contributed by atoms with Gasteiger partial charge in [-0.05, 0) is 19.3 Å². The van der Waals surface area contributed by atoms with Gasteiger partial charge in [0.25, 0.3) is 0 Å². The molecular weight excluding hydrogens is 296 g/mol. The number of nitrogens with two attached hydrogens (primary N) is 1. The molecule has 8 heteroatoms. The number of amides is 2. The van der Waals surface area contributed by atoms with Gasteiger partial charge in [0.1, 0.15) is 0 Å². The Labute approximate surface area is 128 Å². The van der Waals surface area contributed by atoms with Crippen molar-refractivity contribution >= 4 is 11.8 Å². The number of nitrogens with zero attached hydrogens (tertiary/aromatic N) is 2. The molecule has 2 amide bonds. The highest BCUT2D eigenvalue weighted by Gasteiger charge is 2.34. The predicted molar refractivity (Wildman–Crippen MR) is 75.1 cm³/mol. The van der Waals surface area contributed by atoms with Crippen molar-refractivity contribution in [1.82, 2.24) is 9.80 Å². The van der Waals surface area contributed by atoms with E-state index >= 15 is 0 Å². The molecule has 2 rings (SSSR count). The van der Waals surface area contributed by atoms with Gasteiger partial charge >= 0.3 is 18.4 Å². The van der Waals surface area contributed by atoms with Crippen LogP contribution in [0.2, 0.25) is 0 Å². The average Bonchev–Trinajstić information content (AvgIpc) is 2.88. The number of hydrogen-bond donors (Lipinski definition) is 1. The highest BCUT2D eigenvalue weighted by Crippen LogP contribution is 2.17. The predicted octanol–water partition coefficient (Wildman–Crippen LogP) is 0.556. The van der Waals surface area contributed by atoms with Crippen LogP contribution in [-0.2, 0) is 14.3 Å². The summed E-state index contributed by atoms with van der Waals surface area (Å²) in [6, 6.07) is -0.120. The summed E-state index contributed by atoms with van der Waals surface area (Å²) >= 11 is 0. The summed E-state index contributed by atoms with van der Waals surface area (Å²) in [5, 5.41) is 0. The Kier molecular flexibility index (Phi) is 6.07. The molecule has 0 radical (unpaired) electrons. The van der Waals surface area contributed by atoms with Gasteiger partial charge in [-0.2, -0.15) is 8.78 Å². The Hall–Kier alpha value is -1.28. The summed E-state index contributed by atoms with van der Waals surface area (Å²) in [7, 11) is 0. The van der Waals surface area contributed by atoms with Gasteiger partial charge in [-0.1, -0.05) is 12.8 Å². The van der Waals surface area contributed by atoms with Crippen molar-refractivity contribution in [3.63, 3.8) is 0 Å². The first-order chi connectivity index (χ1) is 10.5. The Balaban J connectivity index is 1.89. The zero-order valence-electron chi connectivity index (χ0n) is 12.5. The lowest BCUT2D eigenvalue weighted by Crippen LogP contribution is -2.49. The summed E-state index contributed by atoms with van der Waals surface area (Å²) in [6.07, 6.45) is 3.33. The third-order valence-corrected chi connectivity index (χ3v) is 4.16. The maximum Gasteiger partial charge on any atom is 0.345 e. The van der Waals surface area contributed by atoms with Crippen LogP contribution in [0.25, 0.3) is 0 Å². The standard InChI is InChI=1S/C14H23F2N3O3/c15-14(16)22-11-5-7-19(9-11)13(21)12(20)18-6-3-1-2-4-10(17)8-18/h10-11,14H,1-9,17H2/t10?,11-/m0/s1. The van der Waals surface area contributed by atoms with Crippen LogP contribution >= 0.6 is 0 Å². The van der Waals surface area contributed by atoms with E-state index in [0.29, 0.717) is 19.5 Å². The van der Waals surface area contributed by atoms with E-state index in [1.165, 1.54) is 9.80 Å². The lowest BCUT2D eigenvalue weighted by Gasteiger charge is -2.29. The van der Waals surface area contributed by atoms with Gasteiger partial charge < -0.3 is 20.3 Å². The highest BCUT2D eigenvalue weighted by atomic mass is 19.3. The zero-order valence-corrected chi connectivity index (χ0v) is 12.5. The van der Waals surface area contributed by atoms with Gasteiger partial charge in [-0.3, -0.25) is 9.59 Å². The SMILES string of the molecule is NC1CCCCCN(C(=O)C(=O)N2CC[C@H](OC(F)F)C2)C1. The minimum absolute atomic E-state index is 0.0365. The molecule has 0 aromatic rings. The number of likely N-dealkylation sites (tertiary alicyclic amines) is 2. The van der Waals surface area contributed by atoms with Crippen LogP contribution in [0.1, 0.15) is 32.1 Å². The first-order valence-electron chi connectivity index (χ1n) is 7.74. The molecule has 126 valence electrons. The molecule has 0 aromatic heterocycles. The smallest absolute Gasteiger partial charge is 0.333 e. The molecule has 0 aliphatic carbocycles. The van der Waals surface area contributed by atoms with Crippen LogP contribution in [0, 0.1) is 0 Å². The second-order valence-corrected chi connectivity index (χ2v) is 5.92. The van der Waals surface area contributed by atoms with Crippen molar-refractivity contribution in [2.45, 2.75) is 50.9 Å². The van der Waals surface area contributed by atoms with E-state index in [0.717, 1.165) is 25.7 Å². The second kappa shape index (κ2) is 7.82. The van der Waals surface area contributed by atoms with E-state index in [1.807, 2.05) is 0 Å². The molecule has 0 saturated carbocycles. The normalized spacial score (nSPS) is 26.9. The van der Waals surface area contributed by atoms with Crippen molar-refractivity contribution < 1.29 is 23.1 Å². The topological polar surface area (TPSA) is 75.9 Å². The van der Waals surface area contributed by atoms with Crippen LogP contribution in [0.3, 0.4) is 0 Å². The van der Waals surface area contributed by atoms with Gasteiger partial charge in [0, 0.05) is 32.2 Å². The maximum absolute atomic E-state index is 12.3. The Bertz CT molecular complexity index is 409. The lowest BCUT2D eigenvalue weighted by atomic mass is 10.1. The molecule has 2 fully saturated rings. The number of carbonyl (C=O) groups excluding carboxylic acids is 2. The Morgan fingerprint density at radius 3 is 2.36 bits per heavy atom. The summed E-state index contributed by atoms with van der Waals surface area (Å²) in [4.78, 5) is 27.3. The summed E-state index contributed by atoms with van der Waals surface area (Å²) < 4.78 is 28.8. The molecule has 2 atom stereocenters. The molecule has 2 aliphatic heterocycles. The van der Waals surface area contributed by atoms with Gasteiger partial charge in [-0.25, -0.2) is 0 Å². The number of hydrogen-bond acceptors (Lipinski definition) is 4. The summed E-state index contributed by atoms with van der Waals surface area (Å²) in [6.45, 7) is -1.67. The average molecular weight is 319 g/mol. The molecule has 2 N–H and O–H groups in total. The molecule has 2 aliphatic rings. The molecule has 0 spiro atoms. The van der Waals surface area contributed by atoms with Gasteiger partial charge in [0.2, 0.25) is 0 Å². The molecule has 6 nitrogen and oxygen atoms in total. The monoisotopic (exact) mass is 319 g/mol. The molecule has 0 aromatic carbocycles. The van der Waals surface area contributed by atoms with Crippen LogP contribution in [0.4, 0.5) is 8.78 Å². The lowest BCUT2D eigenvalue weighted by molar-refractivity contribution is -0.162. The van der Waals surface area contributed by atoms with Gasteiger partial charge in [0.15, 0.2) is 0 Å². The van der Waals surface area contributed by atoms with Gasteiger partial charge in [-0.15, -0.1) is 0 Å². The van der Waals surface area contributed by atoms with Crippen LogP contribution in [0.15, 0.2) is 0 Å². The zero-order chi connectivity index (χ0) is 16.1.